The number of amides is 1. The second-order valence-corrected chi connectivity index (χ2v) is 5.90. The van der Waals surface area contributed by atoms with E-state index in [1.165, 1.54) is 38.5 Å². The van der Waals surface area contributed by atoms with Gasteiger partial charge < -0.3 is 4.90 Å². The second-order valence-electron chi connectivity index (χ2n) is 5.90. The van der Waals surface area contributed by atoms with E-state index in [2.05, 4.69) is 17.1 Å². The fourth-order valence-electron chi connectivity index (χ4n) is 3.72. The molecular formula is C13H22N2O. The Labute approximate surface area is 97.6 Å². The Morgan fingerprint density at radius 1 is 1.25 bits per heavy atom. The Morgan fingerprint density at radius 3 is 2.56 bits per heavy atom. The van der Waals surface area contributed by atoms with Crippen LogP contribution < -0.4 is 5.32 Å². The number of rotatable bonds is 2. The smallest absolute Gasteiger partial charge is 0.238 e. The molecule has 0 aromatic rings. The van der Waals surface area contributed by atoms with Gasteiger partial charge in [0.05, 0.1) is 12.7 Å². The molecule has 3 fully saturated rings. The van der Waals surface area contributed by atoms with Crippen molar-refractivity contribution in [1.82, 2.24) is 10.2 Å². The Bertz CT molecular complexity index is 280. The first-order valence-electron chi connectivity index (χ1n) is 6.80. The first-order chi connectivity index (χ1) is 7.75. The van der Waals surface area contributed by atoms with E-state index in [4.69, 9.17) is 0 Å². The van der Waals surface area contributed by atoms with Crippen LogP contribution in [0.25, 0.3) is 0 Å². The lowest BCUT2D eigenvalue weighted by atomic mass is 9.80. The zero-order valence-electron chi connectivity index (χ0n) is 10.1. The summed E-state index contributed by atoms with van der Waals surface area (Å²) in [6.07, 6.45) is 8.13. The molecule has 0 aromatic heterocycles. The maximum Gasteiger partial charge on any atom is 0.238 e. The number of hydrogen-bond acceptors (Lipinski definition) is 2. The summed E-state index contributed by atoms with van der Waals surface area (Å²) in [5.74, 6) is 1.89. The summed E-state index contributed by atoms with van der Waals surface area (Å²) in [5.41, 5.74) is 0. The molecule has 1 amide bonds. The molecule has 90 valence electrons. The van der Waals surface area contributed by atoms with Gasteiger partial charge >= 0.3 is 0 Å². The first-order valence-corrected chi connectivity index (χ1v) is 6.80. The van der Waals surface area contributed by atoms with Crippen molar-refractivity contribution >= 4 is 5.91 Å². The fourth-order valence-corrected chi connectivity index (χ4v) is 3.72. The van der Waals surface area contributed by atoms with Crippen molar-refractivity contribution in [2.45, 2.75) is 57.7 Å². The Kier molecular flexibility index (Phi) is 2.66. The van der Waals surface area contributed by atoms with E-state index in [0.29, 0.717) is 24.7 Å². The zero-order chi connectivity index (χ0) is 11.1. The summed E-state index contributed by atoms with van der Waals surface area (Å²) >= 11 is 0. The van der Waals surface area contributed by atoms with Crippen LogP contribution in [0.1, 0.15) is 45.4 Å². The minimum absolute atomic E-state index is 0.341. The Morgan fingerprint density at radius 2 is 1.94 bits per heavy atom. The van der Waals surface area contributed by atoms with Crippen LogP contribution in [-0.2, 0) is 4.79 Å². The highest BCUT2D eigenvalue weighted by Crippen LogP contribution is 2.37. The molecule has 1 unspecified atom stereocenters. The number of carbonyl (C=O) groups is 1. The monoisotopic (exact) mass is 222 g/mol. The van der Waals surface area contributed by atoms with Crippen molar-refractivity contribution in [2.75, 3.05) is 6.54 Å². The van der Waals surface area contributed by atoms with Crippen molar-refractivity contribution in [2.24, 2.45) is 11.8 Å². The van der Waals surface area contributed by atoms with Gasteiger partial charge in [0, 0.05) is 6.04 Å². The van der Waals surface area contributed by atoms with Gasteiger partial charge in [0.15, 0.2) is 0 Å². The van der Waals surface area contributed by atoms with Crippen LogP contribution in [0.5, 0.6) is 0 Å². The van der Waals surface area contributed by atoms with E-state index in [1.807, 2.05) is 0 Å². The largest absolute Gasteiger partial charge is 0.323 e. The van der Waals surface area contributed by atoms with Gasteiger partial charge in [-0.1, -0.05) is 19.8 Å². The van der Waals surface area contributed by atoms with Crippen LogP contribution in [0.2, 0.25) is 0 Å². The molecule has 0 radical (unpaired) electrons. The Balaban J connectivity index is 1.69. The third-order valence-electron chi connectivity index (χ3n) is 4.64. The minimum atomic E-state index is 0.341. The van der Waals surface area contributed by atoms with Crippen molar-refractivity contribution in [3.8, 4) is 0 Å². The van der Waals surface area contributed by atoms with Crippen molar-refractivity contribution in [3.63, 3.8) is 0 Å². The van der Waals surface area contributed by atoms with Crippen LogP contribution in [0.4, 0.5) is 0 Å². The molecule has 0 bridgehead atoms. The average Bonchev–Trinajstić information content (AvgIpc) is 2.82. The molecule has 1 atom stereocenters. The highest BCUT2D eigenvalue weighted by molar-refractivity contribution is 5.81. The molecule has 3 aliphatic rings. The molecule has 3 nitrogen and oxygen atoms in total. The molecule has 0 spiro atoms. The van der Waals surface area contributed by atoms with Gasteiger partial charge in [-0.3, -0.25) is 10.1 Å². The molecule has 1 heterocycles. The van der Waals surface area contributed by atoms with Crippen LogP contribution >= 0.6 is 0 Å². The van der Waals surface area contributed by atoms with Crippen LogP contribution in [-0.4, -0.2) is 29.6 Å². The third kappa shape index (κ3) is 1.65. The molecule has 1 aliphatic heterocycles. The standard InChI is InChI=1S/C13H22N2O/c1-9-6-11(7-9)15-12(16)8-14-13(15)10-4-2-3-5-10/h9-11,13-14H,2-8H2,1H3. The molecule has 3 heteroatoms. The average molecular weight is 222 g/mol. The summed E-state index contributed by atoms with van der Waals surface area (Å²) < 4.78 is 0. The highest BCUT2D eigenvalue weighted by Gasteiger charge is 2.44. The lowest BCUT2D eigenvalue weighted by molar-refractivity contribution is -0.134. The second kappa shape index (κ2) is 4.02. The molecular weight excluding hydrogens is 200 g/mol. The fraction of sp³-hybridized carbons (Fsp3) is 0.923. The lowest BCUT2D eigenvalue weighted by Gasteiger charge is -2.43. The van der Waals surface area contributed by atoms with Gasteiger partial charge in [-0.2, -0.15) is 0 Å². The lowest BCUT2D eigenvalue weighted by Crippen LogP contribution is -2.52. The van der Waals surface area contributed by atoms with Crippen molar-refractivity contribution < 1.29 is 4.79 Å². The van der Waals surface area contributed by atoms with Gasteiger partial charge in [-0.25, -0.2) is 0 Å². The normalized spacial score (nSPS) is 40.4. The first kappa shape index (κ1) is 10.6. The molecule has 1 saturated heterocycles. The molecule has 2 saturated carbocycles. The predicted molar refractivity (Wildman–Crippen MR) is 62.8 cm³/mol. The van der Waals surface area contributed by atoms with E-state index >= 15 is 0 Å². The SMILES string of the molecule is CC1CC(N2C(=O)CNC2C2CCCC2)C1. The minimum Gasteiger partial charge on any atom is -0.323 e. The van der Waals surface area contributed by atoms with E-state index < -0.39 is 0 Å². The van der Waals surface area contributed by atoms with E-state index in [-0.39, 0.29) is 0 Å². The highest BCUT2D eigenvalue weighted by atomic mass is 16.2. The quantitative estimate of drug-likeness (QED) is 0.771. The summed E-state index contributed by atoms with van der Waals surface area (Å²) in [5, 5.41) is 3.44. The molecule has 2 aliphatic carbocycles. The maximum absolute atomic E-state index is 11.9. The predicted octanol–water partition coefficient (Wildman–Crippen LogP) is 1.73. The summed E-state index contributed by atoms with van der Waals surface area (Å²) in [6.45, 7) is 2.86. The van der Waals surface area contributed by atoms with Gasteiger partial charge in [0.2, 0.25) is 5.91 Å². The van der Waals surface area contributed by atoms with Gasteiger partial charge in [0.25, 0.3) is 0 Å². The molecule has 0 aromatic carbocycles. The van der Waals surface area contributed by atoms with Crippen molar-refractivity contribution in [3.05, 3.63) is 0 Å². The topological polar surface area (TPSA) is 32.3 Å². The van der Waals surface area contributed by atoms with Gasteiger partial charge in [-0.05, 0) is 37.5 Å². The van der Waals surface area contributed by atoms with E-state index in [1.54, 1.807) is 0 Å². The summed E-state index contributed by atoms with van der Waals surface area (Å²) in [7, 11) is 0. The van der Waals surface area contributed by atoms with Gasteiger partial charge in [0.1, 0.15) is 0 Å². The van der Waals surface area contributed by atoms with Crippen LogP contribution in [0.3, 0.4) is 0 Å². The molecule has 1 N–H and O–H groups in total. The number of hydrogen-bond donors (Lipinski definition) is 1. The maximum atomic E-state index is 11.9. The third-order valence-corrected chi connectivity index (χ3v) is 4.64. The van der Waals surface area contributed by atoms with Crippen LogP contribution in [0.15, 0.2) is 0 Å². The van der Waals surface area contributed by atoms with E-state index in [9.17, 15) is 4.79 Å². The van der Waals surface area contributed by atoms with E-state index in [0.717, 1.165) is 11.8 Å². The van der Waals surface area contributed by atoms with Gasteiger partial charge in [-0.15, -0.1) is 0 Å². The molecule has 3 rings (SSSR count). The number of nitrogens with zero attached hydrogens (tertiary/aromatic N) is 1. The van der Waals surface area contributed by atoms with Crippen LogP contribution in [0, 0.1) is 11.8 Å². The zero-order valence-corrected chi connectivity index (χ0v) is 10.1. The number of nitrogens with one attached hydrogen (secondary N) is 1. The summed E-state index contributed by atoms with van der Waals surface area (Å²) in [4.78, 5) is 14.1. The summed E-state index contributed by atoms with van der Waals surface area (Å²) in [6, 6.07) is 0.545. The Hall–Kier alpha value is -0.570. The molecule has 16 heavy (non-hydrogen) atoms. The van der Waals surface area contributed by atoms with Crippen molar-refractivity contribution in [1.29, 1.82) is 0 Å². The number of carbonyl (C=O) groups excluding carboxylic acids is 1.